The highest BCUT2D eigenvalue weighted by Gasteiger charge is 2.19. The number of carbonyl (C=O) groups is 2. The van der Waals surface area contributed by atoms with Gasteiger partial charge in [-0.25, -0.2) is 0 Å². The van der Waals surface area contributed by atoms with E-state index in [4.69, 9.17) is 0 Å². The van der Waals surface area contributed by atoms with Crippen LogP contribution < -0.4 is 5.32 Å². The summed E-state index contributed by atoms with van der Waals surface area (Å²) in [7, 11) is 0. The summed E-state index contributed by atoms with van der Waals surface area (Å²) in [5.41, 5.74) is 0.761. The number of amides is 1. The van der Waals surface area contributed by atoms with Crippen molar-refractivity contribution in [3.8, 4) is 0 Å². The van der Waals surface area contributed by atoms with Crippen LogP contribution in [0.1, 0.15) is 30.1 Å². The summed E-state index contributed by atoms with van der Waals surface area (Å²) >= 11 is 1.71. The lowest BCUT2D eigenvalue weighted by Crippen LogP contribution is -2.44. The highest BCUT2D eigenvalue weighted by atomic mass is 32.2. The molecule has 0 atom stereocenters. The molecule has 5 heteroatoms. The second kappa shape index (κ2) is 8.20. The molecular weight excluding hydrogens is 284 g/mol. The van der Waals surface area contributed by atoms with E-state index in [1.807, 2.05) is 29.2 Å². The summed E-state index contributed by atoms with van der Waals surface area (Å²) in [6.45, 7) is 4.26. The molecule has 0 aromatic heterocycles. The monoisotopic (exact) mass is 306 g/mol. The maximum atomic E-state index is 11.3. The van der Waals surface area contributed by atoms with E-state index in [-0.39, 0.29) is 5.91 Å². The van der Waals surface area contributed by atoms with E-state index in [0.717, 1.165) is 55.0 Å². The van der Waals surface area contributed by atoms with Crippen LogP contribution in [-0.2, 0) is 4.79 Å². The van der Waals surface area contributed by atoms with Gasteiger partial charge in [-0.3, -0.25) is 9.59 Å². The van der Waals surface area contributed by atoms with Gasteiger partial charge in [0.2, 0.25) is 5.91 Å². The average molecular weight is 306 g/mol. The maximum Gasteiger partial charge on any atom is 0.219 e. The average Bonchev–Trinajstić information content (AvgIpc) is 2.52. The molecule has 2 rings (SSSR count). The maximum absolute atomic E-state index is 11.3. The van der Waals surface area contributed by atoms with Crippen molar-refractivity contribution < 1.29 is 9.59 Å². The van der Waals surface area contributed by atoms with Crippen molar-refractivity contribution in [3.63, 3.8) is 0 Å². The van der Waals surface area contributed by atoms with Crippen LogP contribution in [0.25, 0.3) is 0 Å². The SMILES string of the molecule is CC(=O)N1CCC(NCCSc2ccccc2C=O)CC1. The van der Waals surface area contributed by atoms with Gasteiger partial charge < -0.3 is 10.2 Å². The Kier molecular flexibility index (Phi) is 6.26. The molecule has 0 unspecified atom stereocenters. The van der Waals surface area contributed by atoms with Crippen LogP contribution in [0.3, 0.4) is 0 Å². The Morgan fingerprint density at radius 1 is 1.38 bits per heavy atom. The van der Waals surface area contributed by atoms with Gasteiger partial charge >= 0.3 is 0 Å². The summed E-state index contributed by atoms with van der Waals surface area (Å²) in [6, 6.07) is 8.18. The van der Waals surface area contributed by atoms with Crippen LogP contribution in [0.5, 0.6) is 0 Å². The first-order valence-electron chi connectivity index (χ1n) is 7.36. The lowest BCUT2D eigenvalue weighted by atomic mass is 10.1. The number of likely N-dealkylation sites (tertiary alicyclic amines) is 1. The first kappa shape index (κ1) is 16.0. The van der Waals surface area contributed by atoms with E-state index in [1.54, 1.807) is 18.7 Å². The van der Waals surface area contributed by atoms with Crippen molar-refractivity contribution in [1.82, 2.24) is 10.2 Å². The van der Waals surface area contributed by atoms with E-state index in [9.17, 15) is 9.59 Å². The molecule has 1 N–H and O–H groups in total. The summed E-state index contributed by atoms with van der Waals surface area (Å²) in [5, 5.41) is 3.54. The van der Waals surface area contributed by atoms with Crippen LogP contribution in [0.2, 0.25) is 0 Å². The number of thioether (sulfide) groups is 1. The Hall–Kier alpha value is -1.33. The Morgan fingerprint density at radius 2 is 2.10 bits per heavy atom. The molecule has 0 saturated carbocycles. The third-order valence-corrected chi connectivity index (χ3v) is 4.87. The van der Waals surface area contributed by atoms with E-state index >= 15 is 0 Å². The summed E-state index contributed by atoms with van der Waals surface area (Å²) in [5.74, 6) is 1.12. The molecule has 0 spiro atoms. The third kappa shape index (κ3) is 4.86. The van der Waals surface area contributed by atoms with Gasteiger partial charge in [0.15, 0.2) is 6.29 Å². The molecule has 1 aliphatic heterocycles. The molecule has 1 heterocycles. The molecule has 21 heavy (non-hydrogen) atoms. The first-order chi connectivity index (χ1) is 10.2. The quantitative estimate of drug-likeness (QED) is 0.497. The van der Waals surface area contributed by atoms with Gasteiger partial charge in [0.25, 0.3) is 0 Å². The fourth-order valence-corrected chi connectivity index (χ4v) is 3.43. The molecule has 0 aliphatic carbocycles. The predicted octanol–water partition coefficient (Wildman–Crippen LogP) is 2.19. The van der Waals surface area contributed by atoms with Crippen molar-refractivity contribution in [2.24, 2.45) is 0 Å². The number of nitrogens with zero attached hydrogens (tertiary/aromatic N) is 1. The molecule has 1 fully saturated rings. The van der Waals surface area contributed by atoms with Gasteiger partial charge in [-0.15, -0.1) is 11.8 Å². The Bertz CT molecular complexity index is 485. The lowest BCUT2D eigenvalue weighted by Gasteiger charge is -2.31. The van der Waals surface area contributed by atoms with Crippen LogP contribution in [0.4, 0.5) is 0 Å². The molecule has 0 radical (unpaired) electrons. The minimum Gasteiger partial charge on any atom is -0.343 e. The number of benzene rings is 1. The molecule has 1 aromatic rings. The Balaban J connectivity index is 1.66. The van der Waals surface area contributed by atoms with Gasteiger partial charge in [-0.2, -0.15) is 0 Å². The predicted molar refractivity (Wildman–Crippen MR) is 85.8 cm³/mol. The summed E-state index contributed by atoms with van der Waals surface area (Å²) in [4.78, 5) is 25.1. The van der Waals surface area contributed by atoms with Gasteiger partial charge in [-0.1, -0.05) is 18.2 Å². The second-order valence-electron chi connectivity index (χ2n) is 5.24. The van der Waals surface area contributed by atoms with E-state index in [2.05, 4.69) is 5.32 Å². The van der Waals surface area contributed by atoms with Crippen LogP contribution in [0.15, 0.2) is 29.2 Å². The lowest BCUT2D eigenvalue weighted by molar-refractivity contribution is -0.129. The summed E-state index contributed by atoms with van der Waals surface area (Å²) < 4.78 is 0. The highest BCUT2D eigenvalue weighted by molar-refractivity contribution is 7.99. The zero-order chi connectivity index (χ0) is 15.1. The molecule has 0 bridgehead atoms. The minimum absolute atomic E-state index is 0.175. The molecule has 114 valence electrons. The zero-order valence-electron chi connectivity index (χ0n) is 12.4. The number of piperidine rings is 1. The van der Waals surface area contributed by atoms with Crippen molar-refractivity contribution in [2.45, 2.75) is 30.7 Å². The van der Waals surface area contributed by atoms with Gasteiger partial charge in [0.1, 0.15) is 0 Å². The Labute approximate surface area is 130 Å². The number of nitrogens with one attached hydrogen (secondary N) is 1. The molecule has 1 amide bonds. The van der Waals surface area contributed by atoms with Crippen LogP contribution >= 0.6 is 11.8 Å². The second-order valence-corrected chi connectivity index (χ2v) is 6.38. The molecule has 1 aliphatic rings. The van der Waals surface area contributed by atoms with Crippen LogP contribution in [-0.4, -0.2) is 48.5 Å². The summed E-state index contributed by atoms with van der Waals surface area (Å²) in [6.07, 6.45) is 2.96. The van der Waals surface area contributed by atoms with E-state index in [0.29, 0.717) is 6.04 Å². The topological polar surface area (TPSA) is 49.4 Å². The molecule has 1 aromatic carbocycles. The minimum atomic E-state index is 0.175. The highest BCUT2D eigenvalue weighted by Crippen LogP contribution is 2.20. The number of rotatable bonds is 6. The molecular formula is C16H22N2O2S. The largest absolute Gasteiger partial charge is 0.343 e. The zero-order valence-corrected chi connectivity index (χ0v) is 13.2. The standard InChI is InChI=1S/C16H22N2O2S/c1-13(20)18-9-6-15(7-10-18)17-8-11-21-16-5-3-2-4-14(16)12-19/h2-5,12,15,17H,6-11H2,1H3. The van der Waals surface area contributed by atoms with Gasteiger partial charge in [0.05, 0.1) is 0 Å². The fraction of sp³-hybridized carbons (Fsp3) is 0.500. The van der Waals surface area contributed by atoms with Crippen molar-refractivity contribution >= 4 is 24.0 Å². The van der Waals surface area contributed by atoms with Crippen LogP contribution in [0, 0.1) is 0 Å². The number of hydrogen-bond acceptors (Lipinski definition) is 4. The first-order valence-corrected chi connectivity index (χ1v) is 8.35. The Morgan fingerprint density at radius 3 is 2.76 bits per heavy atom. The van der Waals surface area contributed by atoms with Crippen molar-refractivity contribution in [1.29, 1.82) is 0 Å². The number of carbonyl (C=O) groups excluding carboxylic acids is 2. The molecule has 1 saturated heterocycles. The number of aldehydes is 1. The van der Waals surface area contributed by atoms with Crippen molar-refractivity contribution in [2.75, 3.05) is 25.4 Å². The number of hydrogen-bond donors (Lipinski definition) is 1. The fourth-order valence-electron chi connectivity index (χ4n) is 2.53. The van der Waals surface area contributed by atoms with Gasteiger partial charge in [-0.05, 0) is 18.9 Å². The normalized spacial score (nSPS) is 16.0. The van der Waals surface area contributed by atoms with Gasteiger partial charge in [0, 0.05) is 48.8 Å². The smallest absolute Gasteiger partial charge is 0.219 e. The molecule has 4 nitrogen and oxygen atoms in total. The van der Waals surface area contributed by atoms with E-state index in [1.165, 1.54) is 0 Å². The van der Waals surface area contributed by atoms with E-state index < -0.39 is 0 Å². The van der Waals surface area contributed by atoms with Crippen molar-refractivity contribution in [3.05, 3.63) is 29.8 Å². The third-order valence-electron chi connectivity index (χ3n) is 3.78.